The molecule has 1 N–H and O–H groups in total. The molecule has 0 radical (unpaired) electrons. The summed E-state index contributed by atoms with van der Waals surface area (Å²) in [5, 5.41) is 2.84. The summed E-state index contributed by atoms with van der Waals surface area (Å²) in [7, 11) is 0. The van der Waals surface area contributed by atoms with E-state index in [2.05, 4.69) is 27.3 Å². The Kier molecular flexibility index (Phi) is 6.55. The fourth-order valence-electron chi connectivity index (χ4n) is 2.40. The zero-order chi connectivity index (χ0) is 17.5. The number of hydrogen-bond donors (Lipinski definition) is 1. The molecule has 0 bridgehead atoms. The van der Waals surface area contributed by atoms with Gasteiger partial charge in [0.25, 0.3) is 0 Å². The molecule has 0 fully saturated rings. The lowest BCUT2D eigenvalue weighted by atomic mass is 10.1. The third kappa shape index (κ3) is 5.81. The quantitative estimate of drug-likeness (QED) is 0.808. The van der Waals surface area contributed by atoms with Crippen molar-refractivity contribution in [1.29, 1.82) is 0 Å². The summed E-state index contributed by atoms with van der Waals surface area (Å²) in [6.07, 6.45) is 0.262. The molecular weight excluding hydrogens is 368 g/mol. The van der Waals surface area contributed by atoms with Gasteiger partial charge < -0.3 is 10.2 Å². The lowest BCUT2D eigenvalue weighted by molar-refractivity contribution is -0.129. The molecule has 0 saturated heterocycles. The molecular formula is C19H21BrN2O2. The first-order valence-corrected chi connectivity index (χ1v) is 8.60. The minimum atomic E-state index is -0.108. The molecule has 5 heteroatoms. The van der Waals surface area contributed by atoms with E-state index >= 15 is 0 Å². The fourth-order valence-corrected chi connectivity index (χ4v) is 2.80. The molecule has 0 aliphatic rings. The Morgan fingerprint density at radius 3 is 2.54 bits per heavy atom. The van der Waals surface area contributed by atoms with E-state index in [1.807, 2.05) is 49.4 Å². The van der Waals surface area contributed by atoms with E-state index in [0.29, 0.717) is 13.1 Å². The predicted octanol–water partition coefficient (Wildman–Crippen LogP) is 4.13. The third-order valence-electron chi connectivity index (χ3n) is 3.62. The summed E-state index contributed by atoms with van der Waals surface area (Å²) < 4.78 is 0.908. The highest BCUT2D eigenvalue weighted by Crippen LogP contribution is 2.16. The van der Waals surface area contributed by atoms with E-state index in [0.717, 1.165) is 21.3 Å². The highest BCUT2D eigenvalue weighted by molar-refractivity contribution is 9.10. The Morgan fingerprint density at radius 1 is 1.12 bits per heavy atom. The molecule has 2 aromatic rings. The summed E-state index contributed by atoms with van der Waals surface area (Å²) in [5.41, 5.74) is 2.96. The Balaban J connectivity index is 1.91. The zero-order valence-electron chi connectivity index (χ0n) is 13.9. The van der Waals surface area contributed by atoms with Gasteiger partial charge in [-0.1, -0.05) is 51.8 Å². The van der Waals surface area contributed by atoms with E-state index in [9.17, 15) is 9.59 Å². The summed E-state index contributed by atoms with van der Waals surface area (Å²) in [5.74, 6) is -0.143. The van der Waals surface area contributed by atoms with Crippen molar-refractivity contribution in [3.63, 3.8) is 0 Å². The highest BCUT2D eigenvalue weighted by Gasteiger charge is 2.12. The smallest absolute Gasteiger partial charge is 0.226 e. The first-order valence-electron chi connectivity index (χ1n) is 7.80. The molecule has 2 amide bonds. The lowest BCUT2D eigenvalue weighted by Gasteiger charge is -2.21. The lowest BCUT2D eigenvalue weighted by Crippen LogP contribution is -2.31. The van der Waals surface area contributed by atoms with Gasteiger partial charge in [0.2, 0.25) is 11.8 Å². The topological polar surface area (TPSA) is 49.4 Å². The van der Waals surface area contributed by atoms with Crippen LogP contribution in [0, 0.1) is 6.92 Å². The maximum absolute atomic E-state index is 12.1. The van der Waals surface area contributed by atoms with Crippen LogP contribution >= 0.6 is 15.9 Å². The van der Waals surface area contributed by atoms with E-state index in [1.165, 1.54) is 6.92 Å². The van der Waals surface area contributed by atoms with Crippen LogP contribution in [-0.4, -0.2) is 23.3 Å². The van der Waals surface area contributed by atoms with Crippen LogP contribution in [0.15, 0.2) is 53.0 Å². The normalized spacial score (nSPS) is 10.3. The summed E-state index contributed by atoms with van der Waals surface area (Å²) >= 11 is 3.37. The fraction of sp³-hybridized carbons (Fsp3) is 0.263. The molecule has 0 atom stereocenters. The van der Waals surface area contributed by atoms with E-state index < -0.39 is 0 Å². The monoisotopic (exact) mass is 388 g/mol. The number of aryl methyl sites for hydroxylation is 1. The number of halogens is 1. The van der Waals surface area contributed by atoms with Gasteiger partial charge in [-0.05, 0) is 30.7 Å². The van der Waals surface area contributed by atoms with Crippen LogP contribution in [-0.2, 0) is 16.1 Å². The van der Waals surface area contributed by atoms with Crippen molar-refractivity contribution in [2.75, 3.05) is 11.9 Å². The van der Waals surface area contributed by atoms with Crippen molar-refractivity contribution >= 4 is 33.4 Å². The van der Waals surface area contributed by atoms with Gasteiger partial charge in [0, 0.05) is 36.6 Å². The SMILES string of the molecule is CC(=O)N(CCC(=O)Nc1cccc(Br)c1)Cc1cccc(C)c1. The molecule has 0 aliphatic carbocycles. The van der Waals surface area contributed by atoms with Crippen molar-refractivity contribution in [2.24, 2.45) is 0 Å². The first-order chi connectivity index (χ1) is 11.4. The Hall–Kier alpha value is -2.14. The zero-order valence-corrected chi connectivity index (χ0v) is 15.5. The van der Waals surface area contributed by atoms with Crippen molar-refractivity contribution in [3.05, 3.63) is 64.1 Å². The number of nitrogens with one attached hydrogen (secondary N) is 1. The molecule has 24 heavy (non-hydrogen) atoms. The van der Waals surface area contributed by atoms with Gasteiger partial charge >= 0.3 is 0 Å². The standard InChI is InChI=1S/C19H21BrN2O2/c1-14-5-3-6-16(11-14)13-22(15(2)23)10-9-19(24)21-18-8-4-7-17(20)12-18/h3-8,11-12H,9-10,13H2,1-2H3,(H,21,24). The van der Waals surface area contributed by atoms with Crippen molar-refractivity contribution in [2.45, 2.75) is 26.8 Å². The molecule has 0 saturated carbocycles. The van der Waals surface area contributed by atoms with Crippen molar-refractivity contribution in [3.8, 4) is 0 Å². The minimum Gasteiger partial charge on any atom is -0.338 e. The second-order valence-corrected chi connectivity index (χ2v) is 6.65. The summed E-state index contributed by atoms with van der Waals surface area (Å²) in [6.45, 7) is 4.46. The van der Waals surface area contributed by atoms with Gasteiger partial charge in [-0.15, -0.1) is 0 Å². The second kappa shape index (κ2) is 8.64. The first kappa shape index (κ1) is 18.2. The largest absolute Gasteiger partial charge is 0.338 e. The van der Waals surface area contributed by atoms with Crippen LogP contribution in [0.25, 0.3) is 0 Å². The maximum Gasteiger partial charge on any atom is 0.226 e. The van der Waals surface area contributed by atoms with E-state index in [-0.39, 0.29) is 18.2 Å². The summed E-state index contributed by atoms with van der Waals surface area (Å²) in [4.78, 5) is 25.6. The molecule has 0 spiro atoms. The van der Waals surface area contributed by atoms with Crippen molar-refractivity contribution in [1.82, 2.24) is 4.90 Å². The van der Waals surface area contributed by atoms with Gasteiger partial charge in [-0.3, -0.25) is 9.59 Å². The molecule has 2 rings (SSSR count). The number of benzene rings is 2. The van der Waals surface area contributed by atoms with Gasteiger partial charge in [0.1, 0.15) is 0 Å². The molecule has 2 aromatic carbocycles. The number of rotatable bonds is 6. The molecule has 0 aliphatic heterocycles. The van der Waals surface area contributed by atoms with Crippen LogP contribution in [0.2, 0.25) is 0 Å². The van der Waals surface area contributed by atoms with Crippen molar-refractivity contribution < 1.29 is 9.59 Å². The maximum atomic E-state index is 12.1. The highest BCUT2D eigenvalue weighted by atomic mass is 79.9. The van der Waals surface area contributed by atoms with Crippen LogP contribution in [0.1, 0.15) is 24.5 Å². The molecule has 0 heterocycles. The van der Waals surface area contributed by atoms with Crippen LogP contribution in [0.3, 0.4) is 0 Å². The molecule has 4 nitrogen and oxygen atoms in total. The van der Waals surface area contributed by atoms with Crippen LogP contribution < -0.4 is 5.32 Å². The van der Waals surface area contributed by atoms with Gasteiger partial charge in [-0.2, -0.15) is 0 Å². The number of carbonyl (C=O) groups excluding carboxylic acids is 2. The Bertz CT molecular complexity index is 731. The number of carbonyl (C=O) groups is 2. The number of amides is 2. The minimum absolute atomic E-state index is 0.0354. The van der Waals surface area contributed by atoms with Gasteiger partial charge in [0.15, 0.2) is 0 Å². The summed E-state index contributed by atoms with van der Waals surface area (Å²) in [6, 6.07) is 15.5. The average molecular weight is 389 g/mol. The number of nitrogens with zero attached hydrogens (tertiary/aromatic N) is 1. The van der Waals surface area contributed by atoms with Crippen LogP contribution in [0.5, 0.6) is 0 Å². The van der Waals surface area contributed by atoms with Gasteiger partial charge in [0.05, 0.1) is 0 Å². The molecule has 0 unspecified atom stereocenters. The van der Waals surface area contributed by atoms with E-state index in [1.54, 1.807) is 4.90 Å². The van der Waals surface area contributed by atoms with Gasteiger partial charge in [-0.25, -0.2) is 0 Å². The number of hydrogen-bond acceptors (Lipinski definition) is 2. The Morgan fingerprint density at radius 2 is 1.88 bits per heavy atom. The molecule has 0 aromatic heterocycles. The average Bonchev–Trinajstić information content (AvgIpc) is 2.51. The Labute approximate surface area is 151 Å². The molecule has 126 valence electrons. The third-order valence-corrected chi connectivity index (χ3v) is 4.11. The second-order valence-electron chi connectivity index (χ2n) is 5.74. The number of anilines is 1. The predicted molar refractivity (Wildman–Crippen MR) is 99.7 cm³/mol. The van der Waals surface area contributed by atoms with E-state index in [4.69, 9.17) is 0 Å². The van der Waals surface area contributed by atoms with Crippen LogP contribution in [0.4, 0.5) is 5.69 Å².